The number of furan rings is 1. The van der Waals surface area contributed by atoms with Gasteiger partial charge in [-0.15, -0.1) is 23.1 Å². The summed E-state index contributed by atoms with van der Waals surface area (Å²) in [7, 11) is 0. The van der Waals surface area contributed by atoms with Gasteiger partial charge in [0.2, 0.25) is 5.91 Å². The summed E-state index contributed by atoms with van der Waals surface area (Å²) in [5, 5.41) is 15.1. The molecule has 0 bridgehead atoms. The van der Waals surface area contributed by atoms with Crippen LogP contribution < -0.4 is 5.32 Å². The van der Waals surface area contributed by atoms with Crippen LogP contribution in [0.5, 0.6) is 0 Å². The number of carbonyl (C=O) groups excluding carboxylic acids is 1. The van der Waals surface area contributed by atoms with Gasteiger partial charge in [0.15, 0.2) is 0 Å². The predicted octanol–water partition coefficient (Wildman–Crippen LogP) is 2.70. The summed E-state index contributed by atoms with van der Waals surface area (Å²) in [6.07, 6.45) is 2.55. The molecule has 0 aromatic carbocycles. The molecule has 0 spiro atoms. The van der Waals surface area contributed by atoms with Gasteiger partial charge >= 0.3 is 0 Å². The highest BCUT2D eigenvalue weighted by atomic mass is 32.2. The number of nitrogens with one attached hydrogen (secondary N) is 1. The van der Waals surface area contributed by atoms with Gasteiger partial charge in [-0.25, -0.2) is 0 Å². The normalized spacial score (nSPS) is 20.6. The first-order valence-corrected chi connectivity index (χ1v) is 8.73. The zero-order chi connectivity index (χ0) is 14.9. The van der Waals surface area contributed by atoms with Crippen molar-refractivity contribution < 1.29 is 14.3 Å². The van der Waals surface area contributed by atoms with Crippen LogP contribution in [-0.2, 0) is 16.8 Å². The lowest BCUT2D eigenvalue weighted by Crippen LogP contribution is -2.40. The zero-order valence-corrected chi connectivity index (χ0v) is 13.3. The molecule has 2 N–H and O–H groups in total. The Balaban J connectivity index is 1.66. The van der Waals surface area contributed by atoms with Gasteiger partial charge in [0, 0.05) is 4.88 Å². The van der Waals surface area contributed by atoms with E-state index in [4.69, 9.17) is 4.42 Å². The van der Waals surface area contributed by atoms with E-state index in [1.165, 1.54) is 11.1 Å². The summed E-state index contributed by atoms with van der Waals surface area (Å²) in [5.74, 6) is 1.36. The first-order chi connectivity index (χ1) is 10.1. The SMILES string of the molecule is CC(O)(CNC(=O)C1SCCc2sccc21)c1ccco1. The van der Waals surface area contributed by atoms with E-state index in [0.29, 0.717) is 5.76 Å². The maximum absolute atomic E-state index is 12.4. The second-order valence-corrected chi connectivity index (χ2v) is 7.48. The zero-order valence-electron chi connectivity index (χ0n) is 11.7. The molecular formula is C15H17NO3S2. The number of rotatable bonds is 4. The summed E-state index contributed by atoms with van der Waals surface area (Å²) < 4.78 is 5.22. The minimum Gasteiger partial charge on any atom is -0.466 e. The number of thiophene rings is 1. The van der Waals surface area contributed by atoms with Crippen molar-refractivity contribution in [1.29, 1.82) is 0 Å². The second kappa shape index (κ2) is 5.87. The molecule has 3 heterocycles. The Morgan fingerprint density at radius 2 is 2.43 bits per heavy atom. The van der Waals surface area contributed by atoms with Crippen molar-refractivity contribution in [2.24, 2.45) is 0 Å². The number of hydrogen-bond acceptors (Lipinski definition) is 5. The molecular weight excluding hydrogens is 306 g/mol. The van der Waals surface area contributed by atoms with Crippen molar-refractivity contribution in [3.8, 4) is 0 Å². The second-order valence-electron chi connectivity index (χ2n) is 5.27. The van der Waals surface area contributed by atoms with Gasteiger partial charge in [-0.1, -0.05) is 0 Å². The Kier molecular flexibility index (Phi) is 4.10. The molecule has 1 aliphatic heterocycles. The lowest BCUT2D eigenvalue weighted by molar-refractivity contribution is -0.122. The topological polar surface area (TPSA) is 62.5 Å². The molecule has 2 aromatic heterocycles. The van der Waals surface area contributed by atoms with Crippen LogP contribution in [0, 0.1) is 0 Å². The molecule has 2 unspecified atom stereocenters. The van der Waals surface area contributed by atoms with E-state index in [2.05, 4.69) is 5.32 Å². The van der Waals surface area contributed by atoms with E-state index < -0.39 is 5.60 Å². The van der Waals surface area contributed by atoms with Crippen molar-refractivity contribution in [1.82, 2.24) is 5.32 Å². The number of thioether (sulfide) groups is 1. The third-order valence-corrected chi connectivity index (χ3v) is 5.81. The lowest BCUT2D eigenvalue weighted by atomic mass is 10.0. The smallest absolute Gasteiger partial charge is 0.237 e. The van der Waals surface area contributed by atoms with Crippen molar-refractivity contribution in [2.75, 3.05) is 12.3 Å². The minimum atomic E-state index is -1.20. The van der Waals surface area contributed by atoms with Gasteiger partial charge in [-0.3, -0.25) is 4.79 Å². The number of amides is 1. The molecule has 1 amide bonds. The Labute approximate surface area is 131 Å². The molecule has 0 aliphatic carbocycles. The van der Waals surface area contributed by atoms with Gasteiger partial charge in [-0.05, 0) is 48.2 Å². The van der Waals surface area contributed by atoms with Crippen molar-refractivity contribution >= 4 is 29.0 Å². The van der Waals surface area contributed by atoms with Gasteiger partial charge in [-0.2, -0.15) is 0 Å². The molecule has 0 radical (unpaired) electrons. The molecule has 0 fully saturated rings. The van der Waals surface area contributed by atoms with Crippen LogP contribution in [0.2, 0.25) is 0 Å². The van der Waals surface area contributed by atoms with Crippen LogP contribution in [0.4, 0.5) is 0 Å². The van der Waals surface area contributed by atoms with E-state index in [1.54, 1.807) is 42.2 Å². The summed E-state index contributed by atoms with van der Waals surface area (Å²) >= 11 is 3.37. The highest BCUT2D eigenvalue weighted by Gasteiger charge is 2.31. The number of carbonyl (C=O) groups is 1. The van der Waals surface area contributed by atoms with Gasteiger partial charge < -0.3 is 14.8 Å². The van der Waals surface area contributed by atoms with Crippen LogP contribution >= 0.6 is 23.1 Å². The molecule has 2 aromatic rings. The first-order valence-electron chi connectivity index (χ1n) is 6.80. The Hall–Kier alpha value is -1.24. The van der Waals surface area contributed by atoms with Gasteiger partial charge in [0.05, 0.1) is 12.8 Å². The minimum absolute atomic E-state index is 0.0498. The molecule has 3 rings (SSSR count). The monoisotopic (exact) mass is 323 g/mol. The van der Waals surface area contributed by atoms with Crippen molar-refractivity contribution in [2.45, 2.75) is 24.2 Å². The molecule has 2 atom stereocenters. The Bertz CT molecular complexity index is 619. The van der Waals surface area contributed by atoms with Crippen LogP contribution in [0.3, 0.4) is 0 Å². The molecule has 0 saturated carbocycles. The van der Waals surface area contributed by atoms with E-state index in [-0.39, 0.29) is 17.7 Å². The quantitative estimate of drug-likeness (QED) is 0.908. The number of aryl methyl sites for hydroxylation is 1. The lowest BCUT2D eigenvalue weighted by Gasteiger charge is -2.25. The largest absolute Gasteiger partial charge is 0.466 e. The van der Waals surface area contributed by atoms with Crippen LogP contribution in [-0.4, -0.2) is 23.3 Å². The van der Waals surface area contributed by atoms with E-state index in [9.17, 15) is 9.90 Å². The van der Waals surface area contributed by atoms with Crippen LogP contribution in [0.15, 0.2) is 34.3 Å². The molecule has 0 saturated heterocycles. The molecule has 112 valence electrons. The third-order valence-electron chi connectivity index (χ3n) is 3.57. The van der Waals surface area contributed by atoms with Crippen molar-refractivity contribution in [3.05, 3.63) is 46.0 Å². The Morgan fingerprint density at radius 1 is 1.57 bits per heavy atom. The summed E-state index contributed by atoms with van der Waals surface area (Å²) in [6.45, 7) is 1.77. The first kappa shape index (κ1) is 14.7. The van der Waals surface area contributed by atoms with E-state index in [1.807, 2.05) is 11.4 Å². The molecule has 6 heteroatoms. The number of aliphatic hydroxyl groups is 1. The molecule has 4 nitrogen and oxygen atoms in total. The maximum Gasteiger partial charge on any atom is 0.237 e. The highest BCUT2D eigenvalue weighted by Crippen LogP contribution is 2.39. The summed E-state index contributed by atoms with van der Waals surface area (Å²) in [6, 6.07) is 5.46. The molecule has 21 heavy (non-hydrogen) atoms. The average molecular weight is 323 g/mol. The fraction of sp³-hybridized carbons (Fsp3) is 0.400. The fourth-order valence-electron chi connectivity index (χ4n) is 2.39. The summed E-state index contributed by atoms with van der Waals surface area (Å²) in [4.78, 5) is 13.7. The van der Waals surface area contributed by atoms with E-state index >= 15 is 0 Å². The van der Waals surface area contributed by atoms with Crippen LogP contribution in [0.1, 0.15) is 28.4 Å². The van der Waals surface area contributed by atoms with Gasteiger partial charge in [0.25, 0.3) is 0 Å². The predicted molar refractivity (Wildman–Crippen MR) is 84.5 cm³/mol. The summed E-state index contributed by atoms with van der Waals surface area (Å²) in [5.41, 5.74) is -0.0814. The van der Waals surface area contributed by atoms with Gasteiger partial charge in [0.1, 0.15) is 16.6 Å². The average Bonchev–Trinajstić information content (AvgIpc) is 3.14. The standard InChI is InChI=1S/C15H17NO3S2/c1-15(18,12-3-2-6-19-12)9-16-14(17)13-10-4-7-20-11(10)5-8-21-13/h2-4,6-7,13,18H,5,8-9H2,1H3,(H,16,17). The highest BCUT2D eigenvalue weighted by molar-refractivity contribution is 8.00. The number of hydrogen-bond donors (Lipinski definition) is 2. The van der Waals surface area contributed by atoms with Crippen LogP contribution in [0.25, 0.3) is 0 Å². The molecule has 1 aliphatic rings. The van der Waals surface area contributed by atoms with E-state index in [0.717, 1.165) is 17.7 Å². The third kappa shape index (κ3) is 3.02. The maximum atomic E-state index is 12.4. The van der Waals surface area contributed by atoms with Crippen molar-refractivity contribution in [3.63, 3.8) is 0 Å². The number of fused-ring (bicyclic) bond motifs is 1. The Morgan fingerprint density at radius 3 is 3.19 bits per heavy atom. The fourth-order valence-corrected chi connectivity index (χ4v) is 4.70.